The summed E-state index contributed by atoms with van der Waals surface area (Å²) in [5, 5.41) is 5.41. The van der Waals surface area contributed by atoms with E-state index in [9.17, 15) is 24.0 Å². The minimum absolute atomic E-state index is 0.0155. The fourth-order valence-corrected chi connectivity index (χ4v) is 3.84. The van der Waals surface area contributed by atoms with Crippen LogP contribution >= 0.6 is 0 Å². The van der Waals surface area contributed by atoms with Gasteiger partial charge in [0.1, 0.15) is 0 Å². The van der Waals surface area contributed by atoms with Gasteiger partial charge in [-0.2, -0.15) is 0 Å². The summed E-state index contributed by atoms with van der Waals surface area (Å²) in [4.78, 5) is 63.3. The fourth-order valence-electron chi connectivity index (χ4n) is 3.84. The molecule has 0 bridgehead atoms. The number of ether oxygens (including phenoxy) is 2. The van der Waals surface area contributed by atoms with Crippen molar-refractivity contribution in [3.63, 3.8) is 0 Å². The molecule has 1 heterocycles. The van der Waals surface area contributed by atoms with Gasteiger partial charge in [-0.1, -0.05) is 13.3 Å². The zero-order valence-corrected chi connectivity index (χ0v) is 20.5. The van der Waals surface area contributed by atoms with Crippen LogP contribution in [0.1, 0.15) is 57.3 Å². The smallest absolute Gasteiger partial charge is 0.339 e. The predicted octanol–water partition coefficient (Wildman–Crippen LogP) is 3.10. The number of rotatable bonds is 9. The van der Waals surface area contributed by atoms with Crippen LogP contribution in [-0.4, -0.2) is 61.9 Å². The van der Waals surface area contributed by atoms with Crippen LogP contribution in [0.4, 0.5) is 11.4 Å². The van der Waals surface area contributed by atoms with Crippen LogP contribution in [0.2, 0.25) is 0 Å². The van der Waals surface area contributed by atoms with Gasteiger partial charge in [-0.3, -0.25) is 14.4 Å². The SMILES string of the molecule is CCCCN1CC(C(=O)Nc2ccc(C(=O)Nc3cc(C(=O)OC)ccc3C(=O)OC)cc2)CC1=O. The number of unbranched alkanes of at least 4 members (excludes halogenated alkanes) is 1. The number of carbonyl (C=O) groups is 5. The molecule has 1 saturated heterocycles. The van der Waals surface area contributed by atoms with Gasteiger partial charge in [0.05, 0.1) is 37.0 Å². The van der Waals surface area contributed by atoms with Gasteiger partial charge in [0.15, 0.2) is 0 Å². The van der Waals surface area contributed by atoms with Gasteiger partial charge in [0.25, 0.3) is 5.91 Å². The Balaban J connectivity index is 1.67. The number of carbonyl (C=O) groups excluding carboxylic acids is 5. The zero-order chi connectivity index (χ0) is 26.2. The van der Waals surface area contributed by atoms with Gasteiger partial charge in [-0.15, -0.1) is 0 Å². The standard InChI is InChI=1S/C26H29N3O7/c1-4-5-12-29-15-18(14-22(29)30)24(32)27-19-9-6-16(7-10-19)23(31)28-21-13-17(25(33)35-2)8-11-20(21)26(34)36-3/h6-11,13,18H,4-5,12,14-15H2,1-3H3,(H,27,32)(H,28,31). The molecular formula is C26H29N3O7. The third-order valence-electron chi connectivity index (χ3n) is 5.88. The molecule has 0 radical (unpaired) electrons. The molecule has 1 aliphatic heterocycles. The number of hydrogen-bond donors (Lipinski definition) is 2. The quantitative estimate of drug-likeness (QED) is 0.511. The van der Waals surface area contributed by atoms with Crippen molar-refractivity contribution in [2.45, 2.75) is 26.2 Å². The number of nitrogens with one attached hydrogen (secondary N) is 2. The van der Waals surface area contributed by atoms with Crippen LogP contribution < -0.4 is 10.6 Å². The Labute approximate surface area is 208 Å². The van der Waals surface area contributed by atoms with Crippen molar-refractivity contribution in [3.8, 4) is 0 Å². The molecule has 1 aliphatic rings. The van der Waals surface area contributed by atoms with Gasteiger partial charge in [0.2, 0.25) is 11.8 Å². The number of hydrogen-bond acceptors (Lipinski definition) is 7. The molecule has 1 fully saturated rings. The molecule has 0 spiro atoms. The topological polar surface area (TPSA) is 131 Å². The van der Waals surface area contributed by atoms with Gasteiger partial charge in [-0.25, -0.2) is 9.59 Å². The van der Waals surface area contributed by atoms with Crippen LogP contribution in [0.5, 0.6) is 0 Å². The molecule has 1 unspecified atom stereocenters. The second-order valence-electron chi connectivity index (χ2n) is 8.36. The molecule has 2 aromatic rings. The lowest BCUT2D eigenvalue weighted by molar-refractivity contribution is -0.128. The van der Waals surface area contributed by atoms with E-state index in [0.717, 1.165) is 12.8 Å². The average molecular weight is 496 g/mol. The lowest BCUT2D eigenvalue weighted by Crippen LogP contribution is -2.29. The van der Waals surface area contributed by atoms with Crippen LogP contribution in [0, 0.1) is 5.92 Å². The molecule has 190 valence electrons. The van der Waals surface area contributed by atoms with Crippen LogP contribution in [-0.2, 0) is 19.1 Å². The number of anilines is 2. The number of nitrogens with zero attached hydrogens (tertiary/aromatic N) is 1. The highest BCUT2D eigenvalue weighted by molar-refractivity contribution is 6.09. The van der Waals surface area contributed by atoms with E-state index in [2.05, 4.69) is 10.6 Å². The zero-order valence-electron chi connectivity index (χ0n) is 20.5. The molecule has 1 atom stereocenters. The van der Waals surface area contributed by atoms with E-state index in [1.165, 1.54) is 44.6 Å². The highest BCUT2D eigenvalue weighted by Gasteiger charge is 2.33. The van der Waals surface area contributed by atoms with E-state index in [0.29, 0.717) is 18.8 Å². The van der Waals surface area contributed by atoms with Crippen molar-refractivity contribution in [2.75, 3.05) is 37.9 Å². The molecule has 0 aliphatic carbocycles. The van der Waals surface area contributed by atoms with Crippen molar-refractivity contribution in [1.29, 1.82) is 0 Å². The monoisotopic (exact) mass is 495 g/mol. The normalized spacial score (nSPS) is 14.8. The Hall–Kier alpha value is -4.21. The maximum Gasteiger partial charge on any atom is 0.339 e. The summed E-state index contributed by atoms with van der Waals surface area (Å²) in [7, 11) is 2.43. The second kappa shape index (κ2) is 12.0. The van der Waals surface area contributed by atoms with E-state index in [1.807, 2.05) is 6.92 Å². The first kappa shape index (κ1) is 26.4. The Kier molecular flexibility index (Phi) is 8.77. The number of benzene rings is 2. The number of esters is 2. The lowest BCUT2D eigenvalue weighted by Gasteiger charge is -2.16. The summed E-state index contributed by atoms with van der Waals surface area (Å²) in [6, 6.07) is 10.3. The maximum atomic E-state index is 12.8. The molecular weight excluding hydrogens is 466 g/mol. The lowest BCUT2D eigenvalue weighted by atomic mass is 10.1. The highest BCUT2D eigenvalue weighted by atomic mass is 16.5. The van der Waals surface area contributed by atoms with Crippen molar-refractivity contribution in [2.24, 2.45) is 5.92 Å². The average Bonchev–Trinajstić information content (AvgIpc) is 3.27. The number of amides is 3. The van der Waals surface area contributed by atoms with E-state index in [-0.39, 0.29) is 40.6 Å². The molecule has 0 aromatic heterocycles. The van der Waals surface area contributed by atoms with E-state index in [1.54, 1.807) is 17.0 Å². The molecule has 2 N–H and O–H groups in total. The molecule has 36 heavy (non-hydrogen) atoms. The maximum absolute atomic E-state index is 12.8. The second-order valence-corrected chi connectivity index (χ2v) is 8.36. The van der Waals surface area contributed by atoms with Crippen molar-refractivity contribution >= 4 is 41.0 Å². The Bertz CT molecular complexity index is 1160. The van der Waals surface area contributed by atoms with Gasteiger partial charge in [-0.05, 0) is 48.9 Å². The van der Waals surface area contributed by atoms with Crippen LogP contribution in [0.3, 0.4) is 0 Å². The fraction of sp³-hybridized carbons (Fsp3) is 0.346. The van der Waals surface area contributed by atoms with E-state index < -0.39 is 23.8 Å². The summed E-state index contributed by atoms with van der Waals surface area (Å²) in [6.45, 7) is 3.10. The summed E-state index contributed by atoms with van der Waals surface area (Å²) in [6.07, 6.45) is 2.06. The van der Waals surface area contributed by atoms with Crippen LogP contribution in [0.25, 0.3) is 0 Å². The first-order chi connectivity index (χ1) is 17.3. The largest absolute Gasteiger partial charge is 0.465 e. The predicted molar refractivity (Wildman–Crippen MR) is 132 cm³/mol. The van der Waals surface area contributed by atoms with Gasteiger partial charge in [0, 0.05) is 30.8 Å². The first-order valence-corrected chi connectivity index (χ1v) is 11.6. The number of methoxy groups -OCH3 is 2. The van der Waals surface area contributed by atoms with E-state index in [4.69, 9.17) is 9.47 Å². The molecule has 10 heteroatoms. The van der Waals surface area contributed by atoms with Crippen molar-refractivity contribution < 1.29 is 33.4 Å². The Morgan fingerprint density at radius 1 is 0.944 bits per heavy atom. The summed E-state index contributed by atoms with van der Waals surface area (Å²) in [5.41, 5.74) is 1.05. The minimum Gasteiger partial charge on any atom is -0.465 e. The van der Waals surface area contributed by atoms with Gasteiger partial charge >= 0.3 is 11.9 Å². The summed E-state index contributed by atoms with van der Waals surface area (Å²) in [5.74, 6) is -2.53. The van der Waals surface area contributed by atoms with Crippen molar-refractivity contribution in [1.82, 2.24) is 4.90 Å². The third-order valence-corrected chi connectivity index (χ3v) is 5.88. The van der Waals surface area contributed by atoms with Gasteiger partial charge < -0.3 is 25.0 Å². The van der Waals surface area contributed by atoms with E-state index >= 15 is 0 Å². The summed E-state index contributed by atoms with van der Waals surface area (Å²) >= 11 is 0. The molecule has 3 rings (SSSR count). The molecule has 10 nitrogen and oxygen atoms in total. The minimum atomic E-state index is -0.682. The van der Waals surface area contributed by atoms with Crippen molar-refractivity contribution in [3.05, 3.63) is 59.2 Å². The Morgan fingerprint density at radius 3 is 2.25 bits per heavy atom. The molecule has 3 amide bonds. The molecule has 0 saturated carbocycles. The van der Waals surface area contributed by atoms with Crippen LogP contribution in [0.15, 0.2) is 42.5 Å². The third kappa shape index (κ3) is 6.26. The highest BCUT2D eigenvalue weighted by Crippen LogP contribution is 2.23. The number of likely N-dealkylation sites (tertiary alicyclic amines) is 1. The molecule has 2 aromatic carbocycles. The summed E-state index contributed by atoms with van der Waals surface area (Å²) < 4.78 is 9.44. The first-order valence-electron chi connectivity index (χ1n) is 11.6. The Morgan fingerprint density at radius 2 is 1.61 bits per heavy atom.